The van der Waals surface area contributed by atoms with Crippen molar-refractivity contribution in [3.63, 3.8) is 0 Å². The molecule has 0 aliphatic carbocycles. The lowest BCUT2D eigenvalue weighted by Gasteiger charge is -1.46. The molecule has 1 aromatic rings. The second-order valence-corrected chi connectivity index (χ2v) is 0.652. The molecule has 0 amide bonds. The Hall–Kier alpha value is 0.580. The van der Waals surface area contributed by atoms with E-state index in [4.69, 9.17) is 0 Å². The van der Waals surface area contributed by atoms with Crippen LogP contribution in [0.2, 0.25) is 0 Å². The van der Waals surface area contributed by atoms with Crippen LogP contribution in [0.4, 0.5) is 0 Å². The molecule has 0 aromatic carbocycles. The third kappa shape index (κ3) is 6.58. The van der Waals surface area contributed by atoms with Crippen LogP contribution >= 0.6 is 50.9 Å². The van der Waals surface area contributed by atoms with Gasteiger partial charge in [-0.05, 0) is 0 Å². The van der Waals surface area contributed by atoms with Crippen molar-refractivity contribution >= 4 is 50.9 Å². The summed E-state index contributed by atoms with van der Waals surface area (Å²) in [4.78, 5) is 3.56. The second kappa shape index (κ2) is 10.5. The zero-order chi connectivity index (χ0) is 3.54. The second-order valence-electron chi connectivity index (χ2n) is 0.652. The van der Waals surface area contributed by atoms with Crippen LogP contribution in [0.5, 0.6) is 0 Å². The van der Waals surface area contributed by atoms with E-state index in [9.17, 15) is 0 Å². The van der Waals surface area contributed by atoms with Crippen LogP contribution in [0.1, 0.15) is 0 Å². The summed E-state index contributed by atoms with van der Waals surface area (Å²) in [6.07, 6.45) is 2.96. The number of rotatable bonds is 0. The van der Waals surface area contributed by atoms with E-state index in [1.54, 1.807) is 0 Å². The summed E-state index contributed by atoms with van der Waals surface area (Å²) < 4.78 is 0. The molecular weight excluding hydrogens is 306 g/mol. The Morgan fingerprint density at radius 2 is 1.75 bits per heavy atom. The Morgan fingerprint density at radius 3 is 1.88 bits per heavy atom. The molecule has 1 heterocycles. The van der Waals surface area contributed by atoms with Crippen molar-refractivity contribution in [3.8, 4) is 0 Å². The van der Waals surface area contributed by atoms with Gasteiger partial charge in [0.1, 0.15) is 12.7 Å². The van der Waals surface area contributed by atoms with Crippen molar-refractivity contribution in [2.24, 2.45) is 0 Å². The van der Waals surface area contributed by atoms with Gasteiger partial charge in [-0.2, -0.15) is 5.10 Å². The van der Waals surface area contributed by atoms with Crippen molar-refractivity contribution in [1.29, 1.82) is 0 Å². The molecule has 0 atom stereocenters. The Morgan fingerprint density at radius 1 is 1.12 bits per heavy atom. The molecule has 0 spiro atoms. The van der Waals surface area contributed by atoms with Crippen molar-refractivity contribution < 1.29 is 0 Å². The van der Waals surface area contributed by atoms with E-state index in [0.29, 0.717) is 0 Å². The average Bonchev–Trinajstić information content (AvgIpc) is 1.76. The number of hydrogen-bond acceptors (Lipinski definition) is 2. The van der Waals surface area contributed by atoms with E-state index in [0.717, 1.165) is 0 Å². The summed E-state index contributed by atoms with van der Waals surface area (Å²) >= 11 is 0. The average molecular weight is 312 g/mol. The fraction of sp³-hybridized carbons (Fsp3) is 0. The molecule has 1 N–H and O–H groups in total. The largest absolute Gasteiger partial charge is 0.266 e. The van der Waals surface area contributed by atoms with Crippen molar-refractivity contribution in [1.82, 2.24) is 15.2 Å². The maximum atomic E-state index is 3.56. The molecule has 6 heteroatoms. The Kier molecular flexibility index (Phi) is 20.9. The first-order chi connectivity index (χ1) is 2.50. The first kappa shape index (κ1) is 15.8. The summed E-state index contributed by atoms with van der Waals surface area (Å²) in [5, 5.41) is 5.99. The van der Waals surface area contributed by atoms with Gasteiger partial charge in [0.2, 0.25) is 0 Å². The minimum Gasteiger partial charge on any atom is -0.266 e. The van der Waals surface area contributed by atoms with Crippen LogP contribution in [-0.2, 0) is 0 Å². The van der Waals surface area contributed by atoms with Gasteiger partial charge >= 0.3 is 0 Å². The van der Waals surface area contributed by atoms with E-state index in [-0.39, 0.29) is 50.9 Å². The van der Waals surface area contributed by atoms with Gasteiger partial charge in [-0.3, -0.25) is 5.10 Å². The zero-order valence-corrected chi connectivity index (χ0v) is 8.91. The molecular formula is C2H6Br3N3. The highest BCUT2D eigenvalue weighted by molar-refractivity contribution is 8.93. The Bertz CT molecular complexity index is 69.0. The highest BCUT2D eigenvalue weighted by atomic mass is 79.9. The van der Waals surface area contributed by atoms with Crippen LogP contribution in [0.25, 0.3) is 0 Å². The van der Waals surface area contributed by atoms with Gasteiger partial charge in [0, 0.05) is 0 Å². The van der Waals surface area contributed by atoms with E-state index in [2.05, 4.69) is 15.2 Å². The number of nitrogens with one attached hydrogen (secondary N) is 1. The van der Waals surface area contributed by atoms with Crippen molar-refractivity contribution in [2.45, 2.75) is 0 Å². The number of aromatic amines is 1. The van der Waals surface area contributed by atoms with Gasteiger partial charge in [0.05, 0.1) is 0 Å². The highest BCUT2D eigenvalue weighted by Gasteiger charge is 1.57. The normalized spacial score (nSPS) is 5.00. The molecule has 3 nitrogen and oxygen atoms in total. The summed E-state index contributed by atoms with van der Waals surface area (Å²) in [7, 11) is 0. The quantitative estimate of drug-likeness (QED) is 0.789. The molecule has 50 valence electrons. The predicted octanol–water partition coefficient (Wildman–Crippen LogP) is 1.54. The maximum Gasteiger partial charge on any atom is 0.137 e. The molecule has 0 radical (unpaired) electrons. The molecule has 0 bridgehead atoms. The van der Waals surface area contributed by atoms with E-state index in [1.807, 2.05) is 0 Å². The Balaban J connectivity index is -0.0000000833. The smallest absolute Gasteiger partial charge is 0.137 e. The first-order valence-corrected chi connectivity index (χ1v) is 1.29. The predicted molar refractivity (Wildman–Crippen MR) is 47.3 cm³/mol. The molecule has 1 aromatic heterocycles. The van der Waals surface area contributed by atoms with Gasteiger partial charge in [0.25, 0.3) is 0 Å². The number of hydrogen-bond donors (Lipinski definition) is 1. The van der Waals surface area contributed by atoms with Gasteiger partial charge in [-0.1, -0.05) is 0 Å². The maximum absolute atomic E-state index is 3.56. The molecule has 0 fully saturated rings. The first-order valence-electron chi connectivity index (χ1n) is 1.29. The van der Waals surface area contributed by atoms with Crippen molar-refractivity contribution in [3.05, 3.63) is 12.7 Å². The highest BCUT2D eigenvalue weighted by Crippen LogP contribution is 1.53. The van der Waals surface area contributed by atoms with E-state index in [1.165, 1.54) is 12.7 Å². The number of halogens is 3. The summed E-state index contributed by atoms with van der Waals surface area (Å²) in [5.41, 5.74) is 0. The summed E-state index contributed by atoms with van der Waals surface area (Å²) in [5.74, 6) is 0. The standard InChI is InChI=1S/C2H3N3.3BrH/c1-3-2-5-4-1;;;/h1-2H,(H,3,4,5);3*1H. The van der Waals surface area contributed by atoms with Crippen LogP contribution in [-0.4, -0.2) is 15.2 Å². The lowest BCUT2D eigenvalue weighted by atomic mass is 11.3. The van der Waals surface area contributed by atoms with E-state index < -0.39 is 0 Å². The summed E-state index contributed by atoms with van der Waals surface area (Å²) in [6, 6.07) is 0. The van der Waals surface area contributed by atoms with Gasteiger partial charge in [0.15, 0.2) is 0 Å². The minimum absolute atomic E-state index is 0. The van der Waals surface area contributed by atoms with Crippen LogP contribution < -0.4 is 0 Å². The number of aromatic nitrogens is 3. The van der Waals surface area contributed by atoms with Crippen molar-refractivity contribution in [2.75, 3.05) is 0 Å². The van der Waals surface area contributed by atoms with Gasteiger partial charge in [-0.25, -0.2) is 4.98 Å². The lowest BCUT2D eigenvalue weighted by Crippen LogP contribution is -1.53. The molecule has 0 aliphatic heterocycles. The van der Waals surface area contributed by atoms with Gasteiger partial charge < -0.3 is 0 Å². The molecule has 0 aliphatic rings. The fourth-order valence-corrected chi connectivity index (χ4v) is 0.167. The Labute approximate surface area is 78.6 Å². The molecule has 0 unspecified atom stereocenters. The number of nitrogens with zero attached hydrogens (tertiary/aromatic N) is 2. The fourth-order valence-electron chi connectivity index (χ4n) is 0.167. The third-order valence-corrected chi connectivity index (χ3v) is 0.331. The third-order valence-electron chi connectivity index (χ3n) is 0.331. The van der Waals surface area contributed by atoms with E-state index >= 15 is 0 Å². The van der Waals surface area contributed by atoms with Gasteiger partial charge in [-0.15, -0.1) is 50.9 Å². The monoisotopic (exact) mass is 309 g/mol. The molecule has 0 saturated heterocycles. The molecule has 8 heavy (non-hydrogen) atoms. The molecule has 1 rings (SSSR count). The SMILES string of the molecule is Br.Br.Br.c1nc[nH]n1. The lowest BCUT2D eigenvalue weighted by molar-refractivity contribution is 1.09. The minimum atomic E-state index is 0. The van der Waals surface area contributed by atoms with Crippen LogP contribution in [0.3, 0.4) is 0 Å². The zero-order valence-electron chi connectivity index (χ0n) is 3.77. The molecule has 0 saturated carbocycles. The summed E-state index contributed by atoms with van der Waals surface area (Å²) in [6.45, 7) is 0. The topological polar surface area (TPSA) is 41.6 Å². The van der Waals surface area contributed by atoms with Crippen LogP contribution in [0, 0.1) is 0 Å². The number of H-pyrrole nitrogens is 1. The van der Waals surface area contributed by atoms with Crippen LogP contribution in [0.15, 0.2) is 12.7 Å².